The molecule has 0 aliphatic rings. The van der Waals surface area contributed by atoms with Gasteiger partial charge in [-0.15, -0.1) is 0 Å². The van der Waals surface area contributed by atoms with Crippen LogP contribution in [0.3, 0.4) is 0 Å². The first-order valence-corrected chi connectivity index (χ1v) is 5.40. The highest BCUT2D eigenvalue weighted by Gasteiger charge is 2.07. The van der Waals surface area contributed by atoms with E-state index in [1.54, 1.807) is 19.4 Å². The van der Waals surface area contributed by atoms with Crippen LogP contribution in [0.2, 0.25) is 0 Å². The smallest absolute Gasteiger partial charge is 0.274 e. The van der Waals surface area contributed by atoms with Crippen LogP contribution in [0.25, 0.3) is 5.69 Å². The van der Waals surface area contributed by atoms with Crippen LogP contribution >= 0.6 is 0 Å². The number of H-pyrrole nitrogens is 1. The van der Waals surface area contributed by atoms with E-state index in [2.05, 4.69) is 5.10 Å². The van der Waals surface area contributed by atoms with Gasteiger partial charge in [0, 0.05) is 17.8 Å². The number of ether oxygens (including phenoxy) is 1. The lowest BCUT2D eigenvalue weighted by atomic mass is 10.2. The summed E-state index contributed by atoms with van der Waals surface area (Å²) in [6.45, 7) is 0.463. The summed E-state index contributed by atoms with van der Waals surface area (Å²) in [5.74, 6) is 0.712. The number of hydrogen-bond acceptors (Lipinski definition) is 3. The lowest BCUT2D eigenvalue weighted by Gasteiger charge is -2.04. The normalized spacial score (nSPS) is 10.5. The van der Waals surface area contributed by atoms with Crippen LogP contribution < -0.4 is 16.0 Å². The van der Waals surface area contributed by atoms with Crippen LogP contribution in [-0.4, -0.2) is 23.4 Å². The minimum absolute atomic E-state index is 0.0660. The average Bonchev–Trinajstić information content (AvgIpc) is 2.72. The molecule has 0 unspecified atom stereocenters. The summed E-state index contributed by atoms with van der Waals surface area (Å²) < 4.78 is 6.60. The van der Waals surface area contributed by atoms with Crippen molar-refractivity contribution in [3.05, 3.63) is 46.4 Å². The van der Waals surface area contributed by atoms with Crippen molar-refractivity contribution in [3.63, 3.8) is 0 Å². The Morgan fingerprint density at radius 1 is 1.47 bits per heavy atom. The fourth-order valence-corrected chi connectivity index (χ4v) is 1.68. The molecule has 1 heterocycles. The van der Waals surface area contributed by atoms with Crippen molar-refractivity contribution in [2.45, 2.75) is 6.42 Å². The molecule has 17 heavy (non-hydrogen) atoms. The predicted molar refractivity (Wildman–Crippen MR) is 65.7 cm³/mol. The fourth-order valence-electron chi connectivity index (χ4n) is 1.68. The first-order valence-electron chi connectivity index (χ1n) is 5.40. The molecule has 0 atom stereocenters. The molecule has 3 N–H and O–H groups in total. The third kappa shape index (κ3) is 2.24. The van der Waals surface area contributed by atoms with Gasteiger partial charge in [0.2, 0.25) is 0 Å². The molecule has 1 aromatic carbocycles. The molecule has 90 valence electrons. The number of aromatic nitrogens is 2. The van der Waals surface area contributed by atoms with Gasteiger partial charge in [0.25, 0.3) is 5.56 Å². The summed E-state index contributed by atoms with van der Waals surface area (Å²) in [6, 6.07) is 7.30. The zero-order valence-electron chi connectivity index (χ0n) is 9.64. The Balaban J connectivity index is 2.42. The van der Waals surface area contributed by atoms with E-state index in [0.29, 0.717) is 24.3 Å². The highest BCUT2D eigenvalue weighted by Crippen LogP contribution is 2.14. The highest BCUT2D eigenvalue weighted by molar-refractivity contribution is 5.38. The number of nitrogens with one attached hydrogen (secondary N) is 1. The second-order valence-corrected chi connectivity index (χ2v) is 3.68. The number of nitrogens with zero attached hydrogens (tertiary/aromatic N) is 1. The van der Waals surface area contributed by atoms with Gasteiger partial charge in [0.1, 0.15) is 5.75 Å². The second kappa shape index (κ2) is 4.88. The lowest BCUT2D eigenvalue weighted by molar-refractivity contribution is 0.414. The SMILES string of the molecule is COc1cccc(-n2[nH]cc(CCN)c2=O)c1. The first kappa shape index (κ1) is 11.5. The van der Waals surface area contributed by atoms with Gasteiger partial charge in [-0.05, 0) is 25.1 Å². The van der Waals surface area contributed by atoms with Gasteiger partial charge in [-0.1, -0.05) is 6.07 Å². The van der Waals surface area contributed by atoms with Crippen LogP contribution in [0.1, 0.15) is 5.56 Å². The monoisotopic (exact) mass is 233 g/mol. The van der Waals surface area contributed by atoms with Crippen LogP contribution in [0.15, 0.2) is 35.3 Å². The average molecular weight is 233 g/mol. The Morgan fingerprint density at radius 3 is 3.00 bits per heavy atom. The molecule has 5 heteroatoms. The Labute approximate surface area is 98.8 Å². The lowest BCUT2D eigenvalue weighted by Crippen LogP contribution is -2.19. The number of methoxy groups -OCH3 is 1. The number of hydrogen-bond donors (Lipinski definition) is 2. The maximum atomic E-state index is 12.0. The molecule has 0 radical (unpaired) electrons. The van der Waals surface area contributed by atoms with Crippen LogP contribution in [0.5, 0.6) is 5.75 Å². The third-order valence-corrected chi connectivity index (χ3v) is 2.57. The predicted octanol–water partition coefficient (Wildman–Crippen LogP) is 0.675. The summed E-state index contributed by atoms with van der Waals surface area (Å²) >= 11 is 0. The molecule has 0 aliphatic carbocycles. The van der Waals surface area contributed by atoms with Gasteiger partial charge in [0.05, 0.1) is 12.8 Å². The molecule has 1 aromatic heterocycles. The summed E-state index contributed by atoms with van der Waals surface area (Å²) in [7, 11) is 1.59. The molecule has 0 aliphatic heterocycles. The van der Waals surface area contributed by atoms with E-state index < -0.39 is 0 Å². The van der Waals surface area contributed by atoms with Crippen molar-refractivity contribution >= 4 is 0 Å². The number of aromatic amines is 1. The fraction of sp³-hybridized carbons (Fsp3) is 0.250. The van der Waals surface area contributed by atoms with Gasteiger partial charge in [-0.2, -0.15) is 0 Å². The van der Waals surface area contributed by atoms with Crippen LogP contribution in [-0.2, 0) is 6.42 Å². The molecule has 0 fully saturated rings. The maximum Gasteiger partial charge on any atom is 0.274 e. The van der Waals surface area contributed by atoms with Crippen molar-refractivity contribution in [2.75, 3.05) is 13.7 Å². The summed E-state index contributed by atoms with van der Waals surface area (Å²) in [5.41, 5.74) is 6.81. The van der Waals surface area contributed by atoms with E-state index in [-0.39, 0.29) is 5.56 Å². The van der Waals surface area contributed by atoms with E-state index in [0.717, 1.165) is 5.69 Å². The van der Waals surface area contributed by atoms with Gasteiger partial charge < -0.3 is 10.5 Å². The Hall–Kier alpha value is -2.01. The summed E-state index contributed by atoms with van der Waals surface area (Å²) in [6.07, 6.45) is 2.26. The van der Waals surface area contributed by atoms with Gasteiger partial charge >= 0.3 is 0 Å². The molecule has 5 nitrogen and oxygen atoms in total. The van der Waals surface area contributed by atoms with Crippen molar-refractivity contribution < 1.29 is 4.74 Å². The van der Waals surface area contributed by atoms with Crippen LogP contribution in [0, 0.1) is 0 Å². The van der Waals surface area contributed by atoms with Gasteiger partial charge in [0.15, 0.2) is 0 Å². The largest absolute Gasteiger partial charge is 0.497 e. The zero-order chi connectivity index (χ0) is 12.3. The maximum absolute atomic E-state index is 12.0. The minimum Gasteiger partial charge on any atom is -0.497 e. The second-order valence-electron chi connectivity index (χ2n) is 3.68. The zero-order valence-corrected chi connectivity index (χ0v) is 9.64. The molecule has 2 aromatic rings. The van der Waals surface area contributed by atoms with Crippen molar-refractivity contribution in [2.24, 2.45) is 5.73 Å². The molecule has 0 bridgehead atoms. The van der Waals surface area contributed by atoms with E-state index >= 15 is 0 Å². The Bertz CT molecular complexity index is 557. The Morgan fingerprint density at radius 2 is 2.29 bits per heavy atom. The number of rotatable bonds is 4. The molecular weight excluding hydrogens is 218 g/mol. The van der Waals surface area contributed by atoms with Crippen LogP contribution in [0.4, 0.5) is 0 Å². The van der Waals surface area contributed by atoms with E-state index in [9.17, 15) is 4.79 Å². The Kier molecular flexibility index (Phi) is 3.30. The first-order chi connectivity index (χ1) is 8.26. The number of benzene rings is 1. The van der Waals surface area contributed by atoms with Crippen molar-refractivity contribution in [3.8, 4) is 11.4 Å². The molecule has 0 spiro atoms. The molecule has 2 rings (SSSR count). The topological polar surface area (TPSA) is 73.0 Å². The molecule has 0 saturated carbocycles. The van der Waals surface area contributed by atoms with E-state index in [4.69, 9.17) is 10.5 Å². The van der Waals surface area contributed by atoms with E-state index in [1.165, 1.54) is 4.68 Å². The third-order valence-electron chi connectivity index (χ3n) is 2.57. The molecular formula is C12H15N3O2. The summed E-state index contributed by atoms with van der Waals surface area (Å²) in [4.78, 5) is 12.0. The quantitative estimate of drug-likeness (QED) is 0.815. The van der Waals surface area contributed by atoms with Gasteiger partial charge in [-0.3, -0.25) is 9.89 Å². The standard InChI is InChI=1S/C12H15N3O2/c1-17-11-4-2-3-10(7-11)15-12(16)9(5-6-13)8-14-15/h2-4,7-8,14H,5-6,13H2,1H3. The van der Waals surface area contributed by atoms with Crippen molar-refractivity contribution in [1.29, 1.82) is 0 Å². The minimum atomic E-state index is -0.0660. The molecule has 0 amide bonds. The van der Waals surface area contributed by atoms with Gasteiger partial charge in [-0.25, -0.2) is 4.68 Å². The van der Waals surface area contributed by atoms with Crippen molar-refractivity contribution in [1.82, 2.24) is 9.78 Å². The van der Waals surface area contributed by atoms with E-state index in [1.807, 2.05) is 18.2 Å². The summed E-state index contributed by atoms with van der Waals surface area (Å²) in [5, 5.41) is 2.92. The molecule has 0 saturated heterocycles. The number of nitrogens with two attached hydrogens (primary N) is 1. The highest BCUT2D eigenvalue weighted by atomic mass is 16.5.